The zero-order valence-electron chi connectivity index (χ0n) is 7.56. The highest BCUT2D eigenvalue weighted by atomic mass is 19.1. The van der Waals surface area contributed by atoms with E-state index in [1.165, 1.54) is 12.1 Å². The molecular formula is C10H13F2N. The van der Waals surface area contributed by atoms with Crippen LogP contribution in [0.4, 0.5) is 8.78 Å². The van der Waals surface area contributed by atoms with Crippen molar-refractivity contribution in [2.24, 2.45) is 5.73 Å². The molecule has 0 fully saturated rings. The molecule has 0 saturated heterocycles. The second kappa shape index (κ2) is 4.33. The second-order valence-corrected chi connectivity index (χ2v) is 3.05. The molecule has 0 amide bonds. The van der Waals surface area contributed by atoms with E-state index < -0.39 is 12.0 Å². The Morgan fingerprint density at radius 2 is 2.15 bits per heavy atom. The van der Waals surface area contributed by atoms with Crippen LogP contribution >= 0.6 is 0 Å². The van der Waals surface area contributed by atoms with Crippen LogP contribution in [0, 0.1) is 12.7 Å². The third-order valence-electron chi connectivity index (χ3n) is 2.00. The molecular weight excluding hydrogens is 172 g/mol. The van der Waals surface area contributed by atoms with E-state index in [9.17, 15) is 8.78 Å². The van der Waals surface area contributed by atoms with Crippen molar-refractivity contribution in [3.05, 3.63) is 35.1 Å². The van der Waals surface area contributed by atoms with Crippen LogP contribution < -0.4 is 5.73 Å². The summed E-state index contributed by atoms with van der Waals surface area (Å²) in [7, 11) is 0. The molecule has 0 heterocycles. The maximum absolute atomic E-state index is 13.3. The van der Waals surface area contributed by atoms with Crippen molar-refractivity contribution < 1.29 is 8.78 Å². The molecule has 1 aromatic carbocycles. The van der Waals surface area contributed by atoms with Gasteiger partial charge in [-0.3, -0.25) is 0 Å². The Labute approximate surface area is 76.6 Å². The van der Waals surface area contributed by atoms with Gasteiger partial charge in [0.2, 0.25) is 0 Å². The van der Waals surface area contributed by atoms with Crippen LogP contribution in [0.15, 0.2) is 18.2 Å². The molecule has 72 valence electrons. The molecule has 0 aliphatic carbocycles. The lowest BCUT2D eigenvalue weighted by molar-refractivity contribution is 0.325. The number of rotatable bonds is 3. The Hall–Kier alpha value is -0.960. The first-order valence-electron chi connectivity index (χ1n) is 4.25. The maximum atomic E-state index is 13.3. The SMILES string of the molecule is Cc1ccc(F)cc1C(F)CCN. The lowest BCUT2D eigenvalue weighted by Crippen LogP contribution is -2.05. The zero-order valence-corrected chi connectivity index (χ0v) is 7.56. The molecule has 13 heavy (non-hydrogen) atoms. The lowest BCUT2D eigenvalue weighted by atomic mass is 10.0. The average Bonchev–Trinajstić information content (AvgIpc) is 2.09. The average molecular weight is 185 g/mol. The number of aryl methyl sites for hydroxylation is 1. The van der Waals surface area contributed by atoms with Crippen LogP contribution in [0.2, 0.25) is 0 Å². The van der Waals surface area contributed by atoms with Crippen molar-refractivity contribution in [3.8, 4) is 0 Å². The van der Waals surface area contributed by atoms with E-state index >= 15 is 0 Å². The van der Waals surface area contributed by atoms with Gasteiger partial charge < -0.3 is 5.73 Å². The van der Waals surface area contributed by atoms with Crippen molar-refractivity contribution in [2.75, 3.05) is 6.54 Å². The summed E-state index contributed by atoms with van der Waals surface area (Å²) in [4.78, 5) is 0. The van der Waals surface area contributed by atoms with E-state index in [0.717, 1.165) is 5.56 Å². The predicted octanol–water partition coefficient (Wildman–Crippen LogP) is 2.49. The van der Waals surface area contributed by atoms with Crippen LogP contribution in [-0.2, 0) is 0 Å². The first-order chi connectivity index (χ1) is 6.15. The molecule has 0 aliphatic rings. The van der Waals surface area contributed by atoms with Crippen molar-refractivity contribution in [1.82, 2.24) is 0 Å². The molecule has 1 unspecified atom stereocenters. The first kappa shape index (κ1) is 10.1. The molecule has 0 aliphatic heterocycles. The highest BCUT2D eigenvalue weighted by Crippen LogP contribution is 2.24. The van der Waals surface area contributed by atoms with Crippen molar-refractivity contribution in [1.29, 1.82) is 0 Å². The van der Waals surface area contributed by atoms with Crippen molar-refractivity contribution in [2.45, 2.75) is 19.5 Å². The summed E-state index contributed by atoms with van der Waals surface area (Å²) in [5, 5.41) is 0. The fraction of sp³-hybridized carbons (Fsp3) is 0.400. The molecule has 3 heteroatoms. The molecule has 1 rings (SSSR count). The second-order valence-electron chi connectivity index (χ2n) is 3.05. The molecule has 0 aromatic heterocycles. The first-order valence-corrected chi connectivity index (χ1v) is 4.25. The Balaban J connectivity index is 2.91. The highest BCUT2D eigenvalue weighted by molar-refractivity contribution is 5.28. The van der Waals surface area contributed by atoms with E-state index in [1.807, 2.05) is 0 Å². The van der Waals surface area contributed by atoms with Gasteiger partial charge >= 0.3 is 0 Å². The zero-order chi connectivity index (χ0) is 9.84. The van der Waals surface area contributed by atoms with Crippen molar-refractivity contribution in [3.63, 3.8) is 0 Å². The molecule has 1 aromatic rings. The van der Waals surface area contributed by atoms with Gasteiger partial charge in [-0.15, -0.1) is 0 Å². The predicted molar refractivity (Wildman–Crippen MR) is 48.7 cm³/mol. The molecule has 1 atom stereocenters. The van der Waals surface area contributed by atoms with Gasteiger partial charge in [0.05, 0.1) is 0 Å². The van der Waals surface area contributed by atoms with Gasteiger partial charge in [0.25, 0.3) is 0 Å². The minimum Gasteiger partial charge on any atom is -0.330 e. The Kier molecular flexibility index (Phi) is 3.37. The summed E-state index contributed by atoms with van der Waals surface area (Å²) in [5.41, 5.74) is 6.40. The van der Waals surface area contributed by atoms with E-state index in [-0.39, 0.29) is 13.0 Å². The lowest BCUT2D eigenvalue weighted by Gasteiger charge is -2.10. The number of nitrogens with two attached hydrogens (primary N) is 1. The molecule has 0 radical (unpaired) electrons. The number of halogens is 2. The summed E-state index contributed by atoms with van der Waals surface area (Å²) in [6.07, 6.45) is -0.912. The summed E-state index contributed by atoms with van der Waals surface area (Å²) in [5.74, 6) is -0.403. The van der Waals surface area contributed by atoms with Crippen LogP contribution in [0.3, 0.4) is 0 Å². The normalized spacial score (nSPS) is 12.9. The molecule has 0 spiro atoms. The van der Waals surface area contributed by atoms with Crippen LogP contribution in [0.5, 0.6) is 0 Å². The van der Waals surface area contributed by atoms with Gasteiger partial charge in [0.15, 0.2) is 0 Å². The van der Waals surface area contributed by atoms with Crippen LogP contribution in [0.1, 0.15) is 23.7 Å². The minimum absolute atomic E-state index is 0.240. The fourth-order valence-electron chi connectivity index (χ4n) is 1.25. The van der Waals surface area contributed by atoms with E-state index in [1.54, 1.807) is 13.0 Å². The molecule has 1 nitrogen and oxygen atoms in total. The topological polar surface area (TPSA) is 26.0 Å². The summed E-state index contributed by atoms with van der Waals surface area (Å²) in [6, 6.07) is 4.14. The minimum atomic E-state index is -1.15. The van der Waals surface area contributed by atoms with E-state index in [0.29, 0.717) is 5.56 Å². The van der Waals surface area contributed by atoms with Gasteiger partial charge in [-0.25, -0.2) is 8.78 Å². The number of benzene rings is 1. The Bertz CT molecular complexity index is 286. The Morgan fingerprint density at radius 1 is 1.46 bits per heavy atom. The smallest absolute Gasteiger partial charge is 0.127 e. The number of hydrogen-bond acceptors (Lipinski definition) is 1. The summed E-state index contributed by atoms with van der Waals surface area (Å²) in [6.45, 7) is 2.04. The van der Waals surface area contributed by atoms with Gasteiger partial charge in [0, 0.05) is 0 Å². The highest BCUT2D eigenvalue weighted by Gasteiger charge is 2.11. The third-order valence-corrected chi connectivity index (χ3v) is 2.00. The Morgan fingerprint density at radius 3 is 2.77 bits per heavy atom. The van der Waals surface area contributed by atoms with Gasteiger partial charge in [-0.1, -0.05) is 6.07 Å². The largest absolute Gasteiger partial charge is 0.330 e. The maximum Gasteiger partial charge on any atom is 0.127 e. The van der Waals surface area contributed by atoms with Gasteiger partial charge in [-0.05, 0) is 43.1 Å². The van der Waals surface area contributed by atoms with E-state index in [2.05, 4.69) is 0 Å². The molecule has 2 N–H and O–H groups in total. The number of alkyl halides is 1. The summed E-state index contributed by atoms with van der Waals surface area (Å²) >= 11 is 0. The van der Waals surface area contributed by atoms with Crippen molar-refractivity contribution >= 4 is 0 Å². The van der Waals surface area contributed by atoms with Gasteiger partial charge in [0.1, 0.15) is 12.0 Å². The molecule has 0 saturated carbocycles. The van der Waals surface area contributed by atoms with Crippen LogP contribution in [0.25, 0.3) is 0 Å². The fourth-order valence-corrected chi connectivity index (χ4v) is 1.25. The summed E-state index contributed by atoms with van der Waals surface area (Å²) < 4.78 is 26.1. The van der Waals surface area contributed by atoms with E-state index in [4.69, 9.17) is 5.73 Å². The van der Waals surface area contributed by atoms with Gasteiger partial charge in [-0.2, -0.15) is 0 Å². The number of hydrogen-bond donors (Lipinski definition) is 1. The monoisotopic (exact) mass is 185 g/mol. The quantitative estimate of drug-likeness (QED) is 0.769. The third kappa shape index (κ3) is 2.49. The molecule has 0 bridgehead atoms. The van der Waals surface area contributed by atoms with Crippen LogP contribution in [-0.4, -0.2) is 6.54 Å². The standard InChI is InChI=1S/C10H13F2N/c1-7-2-3-8(11)6-9(7)10(12)4-5-13/h2-3,6,10H,4-5,13H2,1H3.